The molecule has 0 bridgehead atoms. The van der Waals surface area contributed by atoms with E-state index in [0.29, 0.717) is 0 Å². The van der Waals surface area contributed by atoms with E-state index in [0.717, 1.165) is 10.5 Å². The van der Waals surface area contributed by atoms with Crippen molar-refractivity contribution in [2.45, 2.75) is 65.5 Å². The lowest BCUT2D eigenvalue weighted by atomic mass is 11.8. The van der Waals surface area contributed by atoms with Crippen LogP contribution < -0.4 is 0 Å². The van der Waals surface area contributed by atoms with Gasteiger partial charge in [0.15, 0.2) is 8.32 Å². The van der Waals surface area contributed by atoms with Crippen LogP contribution in [0.4, 0.5) is 0 Å². The second-order valence-corrected chi connectivity index (χ2v) is 28.9. The average molecular weight is 449 g/mol. The highest BCUT2D eigenvalue weighted by Gasteiger charge is 2.43. The van der Waals surface area contributed by atoms with Crippen LogP contribution in [0.3, 0.4) is 0 Å². The maximum atomic E-state index is 6.39. The molecular weight excluding hydrogens is 413 g/mol. The second-order valence-electron chi connectivity index (χ2n) is 7.88. The van der Waals surface area contributed by atoms with Crippen LogP contribution in [0.15, 0.2) is 0 Å². The van der Waals surface area contributed by atoms with Gasteiger partial charge in [0.2, 0.25) is 0 Å². The smallest absolute Gasteiger partial charge is 0.314 e. The second kappa shape index (κ2) is 9.28. The Morgan fingerprint density at radius 2 is 1.17 bits per heavy atom. The van der Waals surface area contributed by atoms with Crippen molar-refractivity contribution in [2.24, 2.45) is 0 Å². The lowest BCUT2D eigenvalue weighted by Gasteiger charge is -2.40. The molecule has 13 heteroatoms. The molecule has 6 nitrogen and oxygen atoms in total. The van der Waals surface area contributed by atoms with Crippen LogP contribution in [0.25, 0.3) is 0 Å². The standard InChI is InChI=1S/C10H36O6Si7/c1-19(12-18-11-17)13-21(5,6)15-23(9,10)16-22(7,8)14-20(2,3)4/h19H,18H2,1-10,17H3. The Bertz CT molecular complexity index is 360. The molecule has 1 atom stereocenters. The third-order valence-corrected chi connectivity index (χ3v) is 21.6. The molecule has 0 aromatic carbocycles. The summed E-state index contributed by atoms with van der Waals surface area (Å²) in [5, 5.41) is 0. The molecule has 0 radical (unpaired) electrons. The van der Waals surface area contributed by atoms with Crippen LogP contribution in [0, 0.1) is 0 Å². The monoisotopic (exact) mass is 448 g/mol. The summed E-state index contributed by atoms with van der Waals surface area (Å²) in [6, 6.07) is 0. The molecular formula is C10H36O6Si7. The summed E-state index contributed by atoms with van der Waals surface area (Å²) < 4.78 is 36.1. The van der Waals surface area contributed by atoms with E-state index < -0.39 is 53.3 Å². The Balaban J connectivity index is 4.69. The molecule has 0 rings (SSSR count). The van der Waals surface area contributed by atoms with Gasteiger partial charge in [-0.3, -0.25) is 0 Å². The van der Waals surface area contributed by atoms with Crippen molar-refractivity contribution in [1.82, 2.24) is 0 Å². The van der Waals surface area contributed by atoms with Crippen LogP contribution in [0.1, 0.15) is 0 Å². The van der Waals surface area contributed by atoms with Crippen LogP contribution in [0.5, 0.6) is 0 Å². The van der Waals surface area contributed by atoms with Crippen LogP contribution >= 0.6 is 0 Å². The molecule has 0 fully saturated rings. The number of hydrogen-bond donors (Lipinski definition) is 0. The van der Waals surface area contributed by atoms with Gasteiger partial charge in [0, 0.05) is 0 Å². The Hall–Kier alpha value is 1.28. The fourth-order valence-corrected chi connectivity index (χ4v) is 26.3. The minimum Gasteiger partial charge on any atom is -0.449 e. The third-order valence-electron chi connectivity index (χ3n) is 2.41. The predicted octanol–water partition coefficient (Wildman–Crippen LogP) is 1.16. The van der Waals surface area contributed by atoms with Gasteiger partial charge in [-0.15, -0.1) is 0 Å². The summed E-state index contributed by atoms with van der Waals surface area (Å²) in [4.78, 5) is 0. The Morgan fingerprint density at radius 1 is 0.739 bits per heavy atom. The zero-order valence-electron chi connectivity index (χ0n) is 16.7. The first-order valence-corrected chi connectivity index (χ1v) is 23.9. The molecule has 0 heterocycles. The van der Waals surface area contributed by atoms with Gasteiger partial charge < -0.3 is 24.7 Å². The molecule has 0 aliphatic heterocycles. The third kappa shape index (κ3) is 13.2. The van der Waals surface area contributed by atoms with E-state index in [4.69, 9.17) is 24.7 Å². The van der Waals surface area contributed by atoms with E-state index in [2.05, 4.69) is 58.9 Å². The van der Waals surface area contributed by atoms with Crippen molar-refractivity contribution in [2.75, 3.05) is 0 Å². The Labute approximate surface area is 153 Å². The minimum absolute atomic E-state index is 0.735. The van der Waals surface area contributed by atoms with Crippen molar-refractivity contribution < 1.29 is 24.7 Å². The molecule has 0 spiro atoms. The fraction of sp³-hybridized carbons (Fsp3) is 1.00. The van der Waals surface area contributed by atoms with Crippen molar-refractivity contribution in [3.05, 3.63) is 0 Å². The molecule has 0 aromatic heterocycles. The van der Waals surface area contributed by atoms with Gasteiger partial charge in [-0.1, -0.05) is 0 Å². The fourth-order valence-electron chi connectivity index (χ4n) is 2.58. The molecule has 0 N–H and O–H groups in total. The highest BCUT2D eigenvalue weighted by Crippen LogP contribution is 2.24. The molecule has 0 aromatic rings. The Morgan fingerprint density at radius 3 is 1.61 bits per heavy atom. The van der Waals surface area contributed by atoms with E-state index in [1.807, 2.05) is 6.55 Å². The summed E-state index contributed by atoms with van der Waals surface area (Å²) in [5.74, 6) is 0. The zero-order valence-corrected chi connectivity index (χ0v) is 25.3. The predicted molar refractivity (Wildman–Crippen MR) is 114 cm³/mol. The molecule has 0 aliphatic carbocycles. The topological polar surface area (TPSA) is 55.4 Å². The van der Waals surface area contributed by atoms with E-state index in [9.17, 15) is 0 Å². The van der Waals surface area contributed by atoms with Crippen molar-refractivity contribution >= 4 is 63.8 Å². The van der Waals surface area contributed by atoms with E-state index in [1.54, 1.807) is 0 Å². The van der Waals surface area contributed by atoms with E-state index in [-0.39, 0.29) is 0 Å². The van der Waals surface area contributed by atoms with Crippen LogP contribution in [0.2, 0.25) is 65.5 Å². The first-order chi connectivity index (χ1) is 10.1. The van der Waals surface area contributed by atoms with Gasteiger partial charge in [-0.25, -0.2) is 0 Å². The largest absolute Gasteiger partial charge is 0.449 e. The molecule has 0 saturated heterocycles. The average Bonchev–Trinajstić information content (AvgIpc) is 2.17. The van der Waals surface area contributed by atoms with Gasteiger partial charge in [-0.2, -0.15) is 0 Å². The normalized spacial score (nSPS) is 16.4. The van der Waals surface area contributed by atoms with Gasteiger partial charge >= 0.3 is 25.7 Å². The summed E-state index contributed by atoms with van der Waals surface area (Å²) in [5.41, 5.74) is 0. The van der Waals surface area contributed by atoms with Crippen molar-refractivity contribution in [1.29, 1.82) is 0 Å². The van der Waals surface area contributed by atoms with E-state index >= 15 is 0 Å². The Kier molecular flexibility index (Phi) is 9.80. The van der Waals surface area contributed by atoms with Gasteiger partial charge in [0.05, 0.1) is 0 Å². The maximum absolute atomic E-state index is 6.39. The van der Waals surface area contributed by atoms with Crippen LogP contribution in [-0.2, 0) is 24.7 Å². The number of hydrogen-bond acceptors (Lipinski definition) is 6. The number of rotatable bonds is 11. The maximum Gasteiger partial charge on any atom is 0.314 e. The van der Waals surface area contributed by atoms with Gasteiger partial charge in [0.25, 0.3) is 19.3 Å². The molecule has 140 valence electrons. The quantitative estimate of drug-likeness (QED) is 0.442. The SMILES string of the molecule is C[SiH](O[SiH2]O[SiH3])O[Si](C)(C)O[Si](C)(C)O[Si](C)(C)O[Si](C)(C)C. The molecule has 0 amide bonds. The first kappa shape index (κ1) is 24.3. The summed E-state index contributed by atoms with van der Waals surface area (Å²) in [6.45, 7) is 21.1. The first-order valence-electron chi connectivity index (χ1n) is 7.96. The summed E-state index contributed by atoms with van der Waals surface area (Å²) >= 11 is 0. The van der Waals surface area contributed by atoms with E-state index in [1.165, 1.54) is 0 Å². The van der Waals surface area contributed by atoms with Crippen LogP contribution in [-0.4, -0.2) is 63.8 Å². The molecule has 23 heavy (non-hydrogen) atoms. The minimum atomic E-state index is -2.32. The lowest BCUT2D eigenvalue weighted by Crippen LogP contribution is -2.57. The highest BCUT2D eigenvalue weighted by atomic mass is 28.5. The zero-order chi connectivity index (χ0) is 18.5. The van der Waals surface area contributed by atoms with Crippen molar-refractivity contribution in [3.63, 3.8) is 0 Å². The summed E-state index contributed by atoms with van der Waals surface area (Å²) in [7, 11) is -10.2. The molecule has 0 aliphatic rings. The van der Waals surface area contributed by atoms with Gasteiger partial charge in [0.1, 0.15) is 10.5 Å². The highest BCUT2D eigenvalue weighted by molar-refractivity contribution is 6.89. The molecule has 1 unspecified atom stereocenters. The van der Waals surface area contributed by atoms with Gasteiger partial charge in [-0.05, 0) is 65.5 Å². The lowest BCUT2D eigenvalue weighted by molar-refractivity contribution is 0.289. The molecule has 0 saturated carbocycles. The summed E-state index contributed by atoms with van der Waals surface area (Å²) in [6.07, 6.45) is 0. The van der Waals surface area contributed by atoms with Crippen molar-refractivity contribution in [3.8, 4) is 0 Å².